The number of carbonyl (C=O) groups excluding carboxylic acids is 1. The Morgan fingerprint density at radius 1 is 0.840 bits per heavy atom. The third kappa shape index (κ3) is 3.26. The predicted molar refractivity (Wildman–Crippen MR) is 97.2 cm³/mol. The molecule has 0 bridgehead atoms. The number of hydrogen-bond donors (Lipinski definition) is 0. The molecule has 3 aromatic rings. The first-order valence-corrected chi connectivity index (χ1v) is 7.78. The summed E-state index contributed by atoms with van der Waals surface area (Å²) in [5.41, 5.74) is 2.00. The maximum atomic E-state index is 13.2. The molecule has 0 aliphatic heterocycles. The fourth-order valence-electron chi connectivity index (χ4n) is 2.71. The highest BCUT2D eigenvalue weighted by Gasteiger charge is 2.24. The molecule has 0 aliphatic carbocycles. The van der Waals surface area contributed by atoms with Crippen LogP contribution in [0.2, 0.25) is 0 Å². The highest BCUT2D eigenvalue weighted by Crippen LogP contribution is 2.30. The highest BCUT2D eigenvalue weighted by atomic mass is 16.6. The molecule has 0 saturated carbocycles. The van der Waals surface area contributed by atoms with Gasteiger partial charge in [0, 0.05) is 23.0 Å². The topological polar surface area (TPSA) is 63.5 Å². The smallest absolute Gasteiger partial charge is 0.273 e. The van der Waals surface area contributed by atoms with Crippen molar-refractivity contribution in [2.45, 2.75) is 6.92 Å². The Balaban J connectivity index is 2.13. The molecule has 1 amide bonds. The summed E-state index contributed by atoms with van der Waals surface area (Å²) in [7, 11) is 0. The zero-order valence-corrected chi connectivity index (χ0v) is 13.6. The number of hydrogen-bond acceptors (Lipinski definition) is 3. The molecule has 25 heavy (non-hydrogen) atoms. The largest absolute Gasteiger partial charge is 0.277 e. The fraction of sp³-hybridized carbons (Fsp3) is 0.0500. The molecule has 0 atom stereocenters. The molecule has 0 spiro atoms. The maximum absolute atomic E-state index is 13.2. The lowest BCUT2D eigenvalue weighted by atomic mass is 10.0. The van der Waals surface area contributed by atoms with Gasteiger partial charge in [-0.15, -0.1) is 0 Å². The third-order valence-corrected chi connectivity index (χ3v) is 3.96. The summed E-state index contributed by atoms with van der Waals surface area (Å²) in [6.07, 6.45) is 0. The number of carbonyl (C=O) groups is 1. The number of anilines is 2. The van der Waals surface area contributed by atoms with E-state index in [1.54, 1.807) is 17.9 Å². The van der Waals surface area contributed by atoms with E-state index in [1.165, 1.54) is 12.1 Å². The zero-order chi connectivity index (χ0) is 17.8. The SMILES string of the molecule is Cc1c(C(=O)N(c2ccccc2)c2ccccc2)cccc1[N+](=O)[O-]. The van der Waals surface area contributed by atoms with Crippen LogP contribution in [0.1, 0.15) is 15.9 Å². The first-order valence-electron chi connectivity index (χ1n) is 7.78. The second-order valence-corrected chi connectivity index (χ2v) is 5.52. The predicted octanol–water partition coefficient (Wildman–Crippen LogP) is 4.88. The summed E-state index contributed by atoms with van der Waals surface area (Å²) < 4.78 is 0. The second kappa shape index (κ2) is 6.97. The lowest BCUT2D eigenvalue weighted by Crippen LogP contribution is -2.26. The van der Waals surface area contributed by atoms with E-state index in [-0.39, 0.29) is 11.6 Å². The summed E-state index contributed by atoms with van der Waals surface area (Å²) in [5.74, 6) is -0.307. The highest BCUT2D eigenvalue weighted by molar-refractivity contribution is 6.12. The van der Waals surface area contributed by atoms with Gasteiger partial charge in [-0.2, -0.15) is 0 Å². The van der Waals surface area contributed by atoms with Crippen molar-refractivity contribution in [3.8, 4) is 0 Å². The molecule has 3 rings (SSSR count). The molecule has 0 aromatic heterocycles. The zero-order valence-electron chi connectivity index (χ0n) is 13.6. The van der Waals surface area contributed by atoms with Crippen molar-refractivity contribution in [2.24, 2.45) is 0 Å². The van der Waals surface area contributed by atoms with Gasteiger partial charge in [-0.3, -0.25) is 19.8 Å². The summed E-state index contributed by atoms with van der Waals surface area (Å²) >= 11 is 0. The van der Waals surface area contributed by atoms with E-state index in [2.05, 4.69) is 0 Å². The number of nitro benzene ring substituents is 1. The van der Waals surface area contributed by atoms with Crippen LogP contribution in [-0.2, 0) is 0 Å². The molecule has 5 nitrogen and oxygen atoms in total. The van der Waals surface area contributed by atoms with Gasteiger partial charge in [0.05, 0.1) is 10.5 Å². The van der Waals surface area contributed by atoms with E-state index in [4.69, 9.17) is 0 Å². The van der Waals surface area contributed by atoms with Crippen LogP contribution in [0.15, 0.2) is 78.9 Å². The van der Waals surface area contributed by atoms with Gasteiger partial charge in [0.25, 0.3) is 11.6 Å². The van der Waals surface area contributed by atoms with Crippen molar-refractivity contribution in [3.63, 3.8) is 0 Å². The van der Waals surface area contributed by atoms with Crippen LogP contribution in [0, 0.1) is 17.0 Å². The molecular formula is C20H16N2O3. The molecule has 0 unspecified atom stereocenters. The molecule has 124 valence electrons. The summed E-state index contributed by atoms with van der Waals surface area (Å²) in [4.78, 5) is 25.5. The Labute approximate surface area is 145 Å². The first kappa shape index (κ1) is 16.4. The average Bonchev–Trinajstić information content (AvgIpc) is 2.63. The van der Waals surface area contributed by atoms with Gasteiger partial charge in [-0.05, 0) is 37.3 Å². The molecule has 0 aliphatic rings. The Hall–Kier alpha value is -3.47. The Bertz CT molecular complexity index is 869. The van der Waals surface area contributed by atoms with E-state index in [0.29, 0.717) is 22.5 Å². The minimum atomic E-state index is -0.471. The van der Waals surface area contributed by atoms with Crippen molar-refractivity contribution in [1.82, 2.24) is 0 Å². The van der Waals surface area contributed by atoms with Crippen LogP contribution < -0.4 is 4.90 Å². The molecule has 3 aromatic carbocycles. The van der Waals surface area contributed by atoms with Crippen LogP contribution in [0.4, 0.5) is 17.1 Å². The van der Waals surface area contributed by atoms with E-state index >= 15 is 0 Å². The molecule has 5 heteroatoms. The molecule has 0 radical (unpaired) electrons. The molecule has 0 saturated heterocycles. The minimum Gasteiger partial charge on any atom is -0.277 e. The Kier molecular flexibility index (Phi) is 4.57. The van der Waals surface area contributed by atoms with E-state index in [0.717, 1.165) is 0 Å². The fourth-order valence-corrected chi connectivity index (χ4v) is 2.71. The van der Waals surface area contributed by atoms with Crippen molar-refractivity contribution < 1.29 is 9.72 Å². The third-order valence-electron chi connectivity index (χ3n) is 3.96. The molecule has 0 heterocycles. The number of nitrogens with zero attached hydrogens (tertiary/aromatic N) is 2. The molecular weight excluding hydrogens is 316 g/mol. The summed E-state index contributed by atoms with van der Waals surface area (Å²) in [5, 5.41) is 11.2. The lowest BCUT2D eigenvalue weighted by Gasteiger charge is -2.23. The van der Waals surface area contributed by atoms with Crippen molar-refractivity contribution in [1.29, 1.82) is 0 Å². The van der Waals surface area contributed by atoms with Crippen molar-refractivity contribution >= 4 is 23.0 Å². The van der Waals surface area contributed by atoms with Gasteiger partial charge in [-0.1, -0.05) is 42.5 Å². The Morgan fingerprint density at radius 3 is 1.84 bits per heavy atom. The number of rotatable bonds is 4. The van der Waals surface area contributed by atoms with Gasteiger partial charge in [-0.25, -0.2) is 0 Å². The molecule has 0 fully saturated rings. The van der Waals surface area contributed by atoms with Crippen LogP contribution in [0.25, 0.3) is 0 Å². The maximum Gasteiger partial charge on any atom is 0.273 e. The number of para-hydroxylation sites is 2. The summed E-state index contributed by atoms with van der Waals surface area (Å²) in [6.45, 7) is 1.60. The number of amides is 1. The number of benzene rings is 3. The van der Waals surface area contributed by atoms with Gasteiger partial charge < -0.3 is 0 Å². The van der Waals surface area contributed by atoms with Gasteiger partial charge in [0.1, 0.15) is 0 Å². The van der Waals surface area contributed by atoms with Gasteiger partial charge >= 0.3 is 0 Å². The van der Waals surface area contributed by atoms with Crippen LogP contribution in [0.3, 0.4) is 0 Å². The first-order chi connectivity index (χ1) is 12.1. The van der Waals surface area contributed by atoms with Crippen LogP contribution in [0.5, 0.6) is 0 Å². The van der Waals surface area contributed by atoms with E-state index in [9.17, 15) is 14.9 Å². The van der Waals surface area contributed by atoms with Crippen LogP contribution in [-0.4, -0.2) is 10.8 Å². The second-order valence-electron chi connectivity index (χ2n) is 5.52. The van der Waals surface area contributed by atoms with Crippen LogP contribution >= 0.6 is 0 Å². The monoisotopic (exact) mass is 332 g/mol. The number of nitro groups is 1. The van der Waals surface area contributed by atoms with Crippen molar-refractivity contribution in [2.75, 3.05) is 4.90 Å². The van der Waals surface area contributed by atoms with Crippen molar-refractivity contribution in [3.05, 3.63) is 100 Å². The average molecular weight is 332 g/mol. The quantitative estimate of drug-likeness (QED) is 0.505. The standard InChI is InChI=1S/C20H16N2O3/c1-15-18(13-8-14-19(15)22(24)25)20(23)21(16-9-4-2-5-10-16)17-11-6-3-7-12-17/h2-14H,1H3. The van der Waals surface area contributed by atoms with E-state index in [1.807, 2.05) is 60.7 Å². The Morgan fingerprint density at radius 2 is 1.36 bits per heavy atom. The van der Waals surface area contributed by atoms with Gasteiger partial charge in [0.2, 0.25) is 0 Å². The minimum absolute atomic E-state index is 0.0630. The summed E-state index contributed by atoms with van der Waals surface area (Å²) in [6, 6.07) is 23.0. The van der Waals surface area contributed by atoms with E-state index < -0.39 is 4.92 Å². The normalized spacial score (nSPS) is 10.3. The lowest BCUT2D eigenvalue weighted by molar-refractivity contribution is -0.385. The van der Waals surface area contributed by atoms with Gasteiger partial charge in [0.15, 0.2) is 0 Å². The molecule has 0 N–H and O–H groups in total.